The lowest BCUT2D eigenvalue weighted by molar-refractivity contribution is 0.322. The van der Waals surface area contributed by atoms with Crippen molar-refractivity contribution in [3.05, 3.63) is 93.9 Å². The van der Waals surface area contributed by atoms with Crippen molar-refractivity contribution >= 4 is 16.0 Å². The number of anilines is 1. The average Bonchev–Trinajstić information content (AvgIpc) is 3.35. The number of hydrogen-bond donors (Lipinski definition) is 1. The van der Waals surface area contributed by atoms with Gasteiger partial charge in [-0.1, -0.05) is 11.2 Å². The number of ether oxygens (including phenoxy) is 1. The van der Waals surface area contributed by atoms with Crippen molar-refractivity contribution in [2.75, 3.05) is 18.4 Å². The number of nitrogens with one attached hydrogen (secondary N) is 1. The van der Waals surface area contributed by atoms with E-state index in [0.717, 1.165) is 18.2 Å². The van der Waals surface area contributed by atoms with Gasteiger partial charge in [-0.15, -0.1) is 0 Å². The van der Waals surface area contributed by atoms with E-state index in [4.69, 9.17) is 4.74 Å². The molecule has 1 atom stereocenters. The van der Waals surface area contributed by atoms with E-state index in [0.29, 0.717) is 17.3 Å². The molecule has 198 valence electrons. The van der Waals surface area contributed by atoms with Gasteiger partial charge < -0.3 is 9.26 Å². The Labute approximate surface area is 215 Å². The minimum Gasteiger partial charge on any atom is -0.495 e. The van der Waals surface area contributed by atoms with Gasteiger partial charge in [-0.3, -0.25) is 14.1 Å². The quantitative estimate of drug-likeness (QED) is 0.389. The van der Waals surface area contributed by atoms with Crippen LogP contribution in [0.3, 0.4) is 0 Å². The minimum atomic E-state index is -4.02. The highest BCUT2D eigenvalue weighted by Gasteiger charge is 2.35. The third-order valence-electron chi connectivity index (χ3n) is 6.34. The van der Waals surface area contributed by atoms with Crippen LogP contribution in [0.25, 0.3) is 16.8 Å². The van der Waals surface area contributed by atoms with Gasteiger partial charge in [-0.2, -0.15) is 12.7 Å². The van der Waals surface area contributed by atoms with E-state index in [9.17, 15) is 22.0 Å². The lowest BCUT2D eigenvalue weighted by atomic mass is 9.98. The molecule has 0 saturated heterocycles. The molecule has 1 aliphatic heterocycles. The molecule has 9 nitrogen and oxygen atoms in total. The van der Waals surface area contributed by atoms with Crippen molar-refractivity contribution in [1.29, 1.82) is 0 Å². The van der Waals surface area contributed by atoms with Gasteiger partial charge >= 0.3 is 10.2 Å². The summed E-state index contributed by atoms with van der Waals surface area (Å²) in [5.74, 6) is -2.48. The van der Waals surface area contributed by atoms with Crippen molar-refractivity contribution in [3.8, 4) is 22.6 Å². The maximum Gasteiger partial charge on any atom is 0.303 e. The number of fused-ring (bicyclic) bond motifs is 1. The van der Waals surface area contributed by atoms with E-state index in [1.807, 2.05) is 0 Å². The molecule has 0 aliphatic carbocycles. The normalized spacial score (nSPS) is 15.8. The summed E-state index contributed by atoms with van der Waals surface area (Å²) in [6.45, 7) is 1.67. The van der Waals surface area contributed by atoms with Crippen molar-refractivity contribution in [1.82, 2.24) is 14.0 Å². The number of benzene rings is 2. The van der Waals surface area contributed by atoms with E-state index in [-0.39, 0.29) is 41.3 Å². The first kappa shape index (κ1) is 25.5. The van der Waals surface area contributed by atoms with Crippen molar-refractivity contribution in [2.45, 2.75) is 19.4 Å². The van der Waals surface area contributed by atoms with Crippen LogP contribution in [-0.4, -0.2) is 36.1 Å². The number of pyridine rings is 1. The summed E-state index contributed by atoms with van der Waals surface area (Å²) in [5, 5.41) is 3.57. The molecule has 1 aliphatic rings. The first-order valence-electron chi connectivity index (χ1n) is 11.4. The summed E-state index contributed by atoms with van der Waals surface area (Å²) in [7, 11) is -2.70. The van der Waals surface area contributed by atoms with E-state index in [1.54, 1.807) is 6.92 Å². The lowest BCUT2D eigenvalue weighted by Crippen LogP contribution is -2.43. The van der Waals surface area contributed by atoms with Crippen LogP contribution in [0.5, 0.6) is 5.75 Å². The number of rotatable bonds is 6. The number of hydrogen-bond acceptors (Lipinski definition) is 6. The minimum absolute atomic E-state index is 0.0102. The molecule has 13 heteroatoms. The zero-order valence-electron chi connectivity index (χ0n) is 20.1. The maximum absolute atomic E-state index is 15.3. The Morgan fingerprint density at radius 1 is 1.08 bits per heavy atom. The Hall–Kier alpha value is -4.10. The molecule has 38 heavy (non-hydrogen) atoms. The summed E-state index contributed by atoms with van der Waals surface area (Å²) in [6.07, 6.45) is 1.35. The van der Waals surface area contributed by atoms with Crippen LogP contribution in [0.1, 0.15) is 24.2 Å². The van der Waals surface area contributed by atoms with Crippen LogP contribution in [0.15, 0.2) is 64.1 Å². The maximum atomic E-state index is 15.3. The molecule has 2 aromatic carbocycles. The third-order valence-corrected chi connectivity index (χ3v) is 7.93. The predicted octanol–water partition coefficient (Wildman–Crippen LogP) is 4.19. The van der Waals surface area contributed by atoms with Gasteiger partial charge in [0, 0.05) is 48.5 Å². The number of aromatic nitrogens is 2. The van der Waals surface area contributed by atoms with Gasteiger partial charge in [-0.25, -0.2) is 13.2 Å². The van der Waals surface area contributed by atoms with Crippen molar-refractivity contribution in [3.63, 3.8) is 0 Å². The Balaban J connectivity index is 1.59. The molecular weight excluding hydrogens is 525 g/mol. The molecule has 5 rings (SSSR count). The number of methoxy groups -OCH3 is 1. The van der Waals surface area contributed by atoms with Gasteiger partial charge in [0.1, 0.15) is 29.5 Å². The summed E-state index contributed by atoms with van der Waals surface area (Å²) in [6, 6.07) is 8.42. The van der Waals surface area contributed by atoms with Crippen LogP contribution in [-0.2, 0) is 16.6 Å². The largest absolute Gasteiger partial charge is 0.495 e. The predicted molar refractivity (Wildman–Crippen MR) is 132 cm³/mol. The second-order valence-corrected chi connectivity index (χ2v) is 10.2. The molecular formula is C25H21F3N4O5S. The Morgan fingerprint density at radius 3 is 2.47 bits per heavy atom. The fourth-order valence-corrected chi connectivity index (χ4v) is 6.00. The first-order valence-corrected chi connectivity index (χ1v) is 12.8. The first-order chi connectivity index (χ1) is 18.1. The second kappa shape index (κ2) is 9.65. The van der Waals surface area contributed by atoms with Crippen LogP contribution in [0, 0.1) is 17.5 Å². The summed E-state index contributed by atoms with van der Waals surface area (Å²) in [5.41, 5.74) is 0.417. The van der Waals surface area contributed by atoms with Gasteiger partial charge in [0.25, 0.3) is 5.56 Å². The summed E-state index contributed by atoms with van der Waals surface area (Å²) >= 11 is 0. The molecule has 2 aromatic heterocycles. The fourth-order valence-electron chi connectivity index (χ4n) is 4.66. The molecule has 1 unspecified atom stereocenters. The standard InChI is InChI=1S/C25H21F3N4O5S/c1-14-18-3-4-25(33)32(21(18)5-7-31(14)38(34,35)30-24-6-8-37-29-24)22-13-20(28)19(12-23(22)36-2)15-9-16(26)11-17(27)10-15/h3-4,6,8-14H,5,7H2,1-2H3,(H,29,30). The van der Waals surface area contributed by atoms with Crippen LogP contribution in [0.4, 0.5) is 19.0 Å². The molecule has 3 heterocycles. The molecule has 0 bridgehead atoms. The van der Waals surface area contributed by atoms with Crippen molar-refractivity contribution in [2.24, 2.45) is 0 Å². The SMILES string of the molecule is COc1cc(-c2cc(F)cc(F)c2)c(F)cc1-n1c2c(ccc1=O)C(C)N(S(=O)(=O)Nc1ccon1)CC2. The molecule has 0 radical (unpaired) electrons. The van der Waals surface area contributed by atoms with E-state index >= 15 is 4.39 Å². The summed E-state index contributed by atoms with van der Waals surface area (Å²) < 4.78 is 83.8. The number of halogens is 3. The number of nitrogens with zero attached hydrogens (tertiary/aromatic N) is 3. The molecule has 0 fully saturated rings. The Bertz CT molecular complexity index is 1670. The van der Waals surface area contributed by atoms with Gasteiger partial charge in [0.2, 0.25) is 0 Å². The van der Waals surface area contributed by atoms with E-state index in [2.05, 4.69) is 14.4 Å². The van der Waals surface area contributed by atoms with Crippen LogP contribution >= 0.6 is 0 Å². The average molecular weight is 547 g/mol. The molecule has 1 N–H and O–H groups in total. The lowest BCUT2D eigenvalue weighted by Gasteiger charge is -2.35. The Morgan fingerprint density at radius 2 is 1.82 bits per heavy atom. The van der Waals surface area contributed by atoms with Crippen LogP contribution < -0.4 is 15.0 Å². The smallest absolute Gasteiger partial charge is 0.303 e. The van der Waals surface area contributed by atoms with Gasteiger partial charge in [-0.05, 0) is 36.2 Å². The highest BCUT2D eigenvalue weighted by molar-refractivity contribution is 7.90. The van der Waals surface area contributed by atoms with Gasteiger partial charge in [0.05, 0.1) is 18.8 Å². The highest BCUT2D eigenvalue weighted by Crippen LogP contribution is 2.36. The summed E-state index contributed by atoms with van der Waals surface area (Å²) in [4.78, 5) is 13.0. The fraction of sp³-hybridized carbons (Fsp3) is 0.200. The highest BCUT2D eigenvalue weighted by atomic mass is 32.2. The van der Waals surface area contributed by atoms with E-state index < -0.39 is 39.3 Å². The zero-order chi connectivity index (χ0) is 27.2. The third kappa shape index (κ3) is 4.54. The van der Waals surface area contributed by atoms with Crippen LogP contribution in [0.2, 0.25) is 0 Å². The zero-order valence-corrected chi connectivity index (χ0v) is 20.9. The van der Waals surface area contributed by atoms with E-state index in [1.165, 1.54) is 46.5 Å². The monoisotopic (exact) mass is 546 g/mol. The molecule has 0 spiro atoms. The molecule has 0 amide bonds. The molecule has 4 aromatic rings. The second-order valence-electron chi connectivity index (χ2n) is 8.60. The Kier molecular flexibility index (Phi) is 6.49. The topological polar surface area (TPSA) is 107 Å². The molecule has 0 saturated carbocycles. The van der Waals surface area contributed by atoms with Gasteiger partial charge in [0.15, 0.2) is 5.82 Å². The van der Waals surface area contributed by atoms with Crippen molar-refractivity contribution < 1.29 is 30.8 Å².